The van der Waals surface area contributed by atoms with Crippen molar-refractivity contribution in [2.24, 2.45) is 11.3 Å². The zero-order chi connectivity index (χ0) is 40.5. The Morgan fingerprint density at radius 3 is 2.36 bits per heavy atom. The average molecular weight is 798 g/mol. The molecular formula is C37H44F5N5O7S. The summed E-state index contributed by atoms with van der Waals surface area (Å²) in [6, 6.07) is 3.79. The predicted molar refractivity (Wildman–Crippen MR) is 189 cm³/mol. The van der Waals surface area contributed by atoms with Crippen molar-refractivity contribution >= 4 is 33.6 Å². The van der Waals surface area contributed by atoms with E-state index in [1.165, 1.54) is 34.9 Å². The Balaban J connectivity index is 1.27. The smallest absolute Gasteiger partial charge is 0.416 e. The summed E-state index contributed by atoms with van der Waals surface area (Å²) in [5.74, 6) is -4.12. The van der Waals surface area contributed by atoms with Crippen molar-refractivity contribution in [3.05, 3.63) is 77.4 Å². The Bertz CT molecular complexity index is 2000. The first-order valence-electron chi connectivity index (χ1n) is 17.8. The van der Waals surface area contributed by atoms with Crippen LogP contribution in [0.2, 0.25) is 0 Å². The minimum atomic E-state index is -4.88. The number of amides is 3. The molecule has 6 rings (SSSR count). The number of halogens is 5. The van der Waals surface area contributed by atoms with Crippen molar-refractivity contribution in [3.63, 3.8) is 0 Å². The second-order valence-corrected chi connectivity index (χ2v) is 18.4. The number of rotatable bonds is 11. The van der Waals surface area contributed by atoms with Gasteiger partial charge in [-0.2, -0.15) is 13.2 Å². The number of nitrogens with one attached hydrogen (secondary N) is 3. The number of aliphatic hydroxyl groups excluding tert-OH is 1. The van der Waals surface area contributed by atoms with Crippen molar-refractivity contribution in [2.75, 3.05) is 11.9 Å². The normalized spacial score (nSPS) is 25.7. The highest BCUT2D eigenvalue weighted by Crippen LogP contribution is 2.47. The summed E-state index contributed by atoms with van der Waals surface area (Å²) in [6.07, 6.45) is -6.57. The molecule has 3 amide bonds. The third kappa shape index (κ3) is 8.03. The van der Waals surface area contributed by atoms with E-state index in [1.807, 2.05) is 0 Å². The van der Waals surface area contributed by atoms with Crippen LogP contribution in [0, 0.1) is 23.0 Å². The molecule has 12 nitrogen and oxygen atoms in total. The molecule has 2 aromatic carbocycles. The lowest BCUT2D eigenvalue weighted by Gasteiger charge is -2.41. The highest BCUT2D eigenvalue weighted by Gasteiger charge is 2.63. The van der Waals surface area contributed by atoms with Crippen LogP contribution in [-0.2, 0) is 43.6 Å². The maximum absolute atomic E-state index is 14.4. The zero-order valence-corrected chi connectivity index (χ0v) is 31.5. The molecule has 0 aromatic heterocycles. The number of aliphatic hydroxyl groups is 1. The number of sulfonamides is 1. The maximum Gasteiger partial charge on any atom is 0.416 e. The van der Waals surface area contributed by atoms with Gasteiger partial charge in [0.05, 0.1) is 28.9 Å². The minimum absolute atomic E-state index is 0.0212. The summed E-state index contributed by atoms with van der Waals surface area (Å²) >= 11 is 0. The Hall–Kier alpha value is -4.29. The summed E-state index contributed by atoms with van der Waals surface area (Å²) in [5, 5.41) is 17.5. The van der Waals surface area contributed by atoms with E-state index < -0.39 is 97.3 Å². The quantitative estimate of drug-likeness (QED) is 0.186. The first kappa shape index (κ1) is 40.4. The average Bonchev–Trinajstić information content (AvgIpc) is 3.89. The summed E-state index contributed by atoms with van der Waals surface area (Å²) in [6.45, 7) is 9.88. The van der Waals surface area contributed by atoms with Gasteiger partial charge in [0.15, 0.2) is 0 Å². The molecule has 0 spiro atoms. The van der Waals surface area contributed by atoms with Crippen LogP contribution >= 0.6 is 0 Å². The van der Waals surface area contributed by atoms with Gasteiger partial charge in [-0.3, -0.25) is 24.1 Å². The zero-order valence-electron chi connectivity index (χ0n) is 30.7. The molecular weight excluding hydrogens is 753 g/mol. The molecule has 3 fully saturated rings. The third-order valence-corrected chi connectivity index (χ3v) is 13.2. The van der Waals surface area contributed by atoms with E-state index in [-0.39, 0.29) is 38.2 Å². The van der Waals surface area contributed by atoms with Crippen molar-refractivity contribution in [1.29, 1.82) is 0 Å². The van der Waals surface area contributed by atoms with Gasteiger partial charge in [0.25, 0.3) is 5.91 Å². The molecule has 1 unspecified atom stereocenters. The molecule has 2 saturated carbocycles. The van der Waals surface area contributed by atoms with Crippen molar-refractivity contribution in [2.45, 2.75) is 107 Å². The standard InChI is InChI=1S/C37H44F5N5O7S/c1-6-21-16-36(21,32(50)45-55(52,53)35(5)10-11-35)44-30(48)28-15-25(54-33(51)46-17-20-8-7-9-27(39)26(20)19-46)18-47(28)31(49)29(34(2,3)4)43-24-13-22(37(40,41)42)12-23(38)14-24/h6-9,12-14,21,25,28-29,31,43,49H,1,10-11,15-19H2,2-5H3,(H,44,48)(H,45,50)/t21-,25-,28+,29-,31?,36-/m1/s1. The number of hydrogen-bond acceptors (Lipinski definition) is 9. The molecule has 4 N–H and O–H groups in total. The number of likely N-dealkylation sites (tertiary alicyclic amines) is 1. The molecule has 300 valence electrons. The van der Waals surface area contributed by atoms with Gasteiger partial charge in [0, 0.05) is 36.7 Å². The Kier molecular flexibility index (Phi) is 10.3. The van der Waals surface area contributed by atoms with E-state index >= 15 is 0 Å². The van der Waals surface area contributed by atoms with Gasteiger partial charge in [-0.25, -0.2) is 22.0 Å². The number of ether oxygens (including phenoxy) is 1. The molecule has 0 radical (unpaired) electrons. The van der Waals surface area contributed by atoms with Gasteiger partial charge in [-0.05, 0) is 61.4 Å². The summed E-state index contributed by atoms with van der Waals surface area (Å²) in [5.41, 5.74) is -3.33. The van der Waals surface area contributed by atoms with Crippen molar-refractivity contribution in [3.8, 4) is 0 Å². The van der Waals surface area contributed by atoms with Crippen LogP contribution in [0.1, 0.15) is 70.1 Å². The van der Waals surface area contributed by atoms with Crippen LogP contribution in [0.3, 0.4) is 0 Å². The van der Waals surface area contributed by atoms with Crippen LogP contribution in [0.25, 0.3) is 0 Å². The lowest BCUT2D eigenvalue weighted by molar-refractivity contribution is -0.137. The van der Waals surface area contributed by atoms with Gasteiger partial charge in [-0.15, -0.1) is 6.58 Å². The van der Waals surface area contributed by atoms with Gasteiger partial charge in [0.1, 0.15) is 29.5 Å². The number of benzene rings is 2. The van der Waals surface area contributed by atoms with Crippen LogP contribution in [0.15, 0.2) is 49.1 Å². The van der Waals surface area contributed by atoms with Crippen LogP contribution in [0.5, 0.6) is 0 Å². The van der Waals surface area contributed by atoms with Crippen LogP contribution in [-0.4, -0.2) is 82.5 Å². The Morgan fingerprint density at radius 1 is 1.09 bits per heavy atom. The Labute approximate surface area is 315 Å². The number of carbonyl (C=O) groups excluding carboxylic acids is 3. The van der Waals surface area contributed by atoms with E-state index in [2.05, 4.69) is 21.9 Å². The summed E-state index contributed by atoms with van der Waals surface area (Å²) < 4.78 is 102. The summed E-state index contributed by atoms with van der Waals surface area (Å²) in [7, 11) is -4.09. The second kappa shape index (κ2) is 14.0. The predicted octanol–water partition coefficient (Wildman–Crippen LogP) is 4.78. The molecule has 2 aliphatic heterocycles. The largest absolute Gasteiger partial charge is 0.445 e. The molecule has 1 saturated heterocycles. The van der Waals surface area contributed by atoms with E-state index in [9.17, 15) is 49.9 Å². The van der Waals surface area contributed by atoms with Crippen LogP contribution < -0.4 is 15.4 Å². The van der Waals surface area contributed by atoms with E-state index in [4.69, 9.17) is 4.74 Å². The van der Waals surface area contributed by atoms with E-state index in [0.29, 0.717) is 36.1 Å². The molecule has 2 aliphatic carbocycles. The van der Waals surface area contributed by atoms with Gasteiger partial charge >= 0.3 is 12.3 Å². The number of anilines is 1. The maximum atomic E-state index is 14.4. The van der Waals surface area contributed by atoms with Crippen molar-refractivity contribution < 1.29 is 54.6 Å². The summed E-state index contributed by atoms with van der Waals surface area (Å²) in [4.78, 5) is 43.7. The Morgan fingerprint density at radius 2 is 1.78 bits per heavy atom. The molecule has 6 atom stereocenters. The molecule has 18 heteroatoms. The molecule has 4 aliphatic rings. The molecule has 0 bridgehead atoms. The number of fused-ring (bicyclic) bond motifs is 1. The fraction of sp³-hybridized carbons (Fsp3) is 0.541. The lowest BCUT2D eigenvalue weighted by Crippen LogP contribution is -2.60. The highest BCUT2D eigenvalue weighted by molar-refractivity contribution is 7.91. The van der Waals surface area contributed by atoms with Gasteiger partial charge in [0.2, 0.25) is 15.9 Å². The van der Waals surface area contributed by atoms with E-state index in [0.717, 1.165) is 6.07 Å². The highest BCUT2D eigenvalue weighted by atomic mass is 32.2. The molecule has 2 aromatic rings. The topological polar surface area (TPSA) is 157 Å². The van der Waals surface area contributed by atoms with Crippen LogP contribution in [0.4, 0.5) is 32.4 Å². The van der Waals surface area contributed by atoms with Gasteiger partial charge in [-0.1, -0.05) is 39.0 Å². The number of carbonyl (C=O) groups is 3. The fourth-order valence-electron chi connectivity index (χ4n) is 7.25. The number of hydrogen-bond donors (Lipinski definition) is 4. The molecule has 55 heavy (non-hydrogen) atoms. The van der Waals surface area contributed by atoms with Crippen molar-refractivity contribution in [1.82, 2.24) is 19.8 Å². The molecule has 2 heterocycles. The second-order valence-electron chi connectivity index (χ2n) is 16.2. The monoisotopic (exact) mass is 797 g/mol. The van der Waals surface area contributed by atoms with Gasteiger partial charge < -0.3 is 20.5 Å². The first-order valence-corrected chi connectivity index (χ1v) is 19.3. The number of nitrogens with zero attached hydrogens (tertiary/aromatic N) is 2. The first-order chi connectivity index (χ1) is 25.5. The van der Waals surface area contributed by atoms with E-state index in [1.54, 1.807) is 26.8 Å². The lowest BCUT2D eigenvalue weighted by atomic mass is 9.84. The fourth-order valence-corrected chi connectivity index (χ4v) is 8.56. The third-order valence-electron chi connectivity index (χ3n) is 11.1. The SMILES string of the molecule is C=C[C@@H]1C[C@]1(NC(=O)[C@@H]1C[C@@H](OC(=O)N2Cc3cccc(F)c3C2)CN1C(O)[C@@H](Nc1cc(F)cc(C(F)(F)F)c1)C(C)(C)C)C(=O)NS(=O)(=O)C1(C)CC1. The minimum Gasteiger partial charge on any atom is -0.445 e. The number of alkyl halides is 3.